The highest BCUT2D eigenvalue weighted by atomic mass is 127. The van der Waals surface area contributed by atoms with Gasteiger partial charge in [0.05, 0.1) is 13.7 Å². The molecular formula is C21H29IN4O2. The van der Waals surface area contributed by atoms with Crippen LogP contribution in [0.25, 0.3) is 0 Å². The quantitative estimate of drug-likeness (QED) is 0.226. The molecule has 4 N–H and O–H groups in total. The molecule has 0 saturated carbocycles. The molecule has 0 aromatic heterocycles. The van der Waals surface area contributed by atoms with Gasteiger partial charge >= 0.3 is 0 Å². The molecule has 0 radical (unpaired) electrons. The smallest absolute Gasteiger partial charge is 0.251 e. The number of aryl methyl sites for hydroxylation is 2. The van der Waals surface area contributed by atoms with Gasteiger partial charge in [-0.15, -0.1) is 24.0 Å². The third-order valence-electron chi connectivity index (χ3n) is 4.26. The van der Waals surface area contributed by atoms with Gasteiger partial charge in [0.2, 0.25) is 0 Å². The Balaban J connectivity index is 0.00000392. The van der Waals surface area contributed by atoms with Crippen LogP contribution >= 0.6 is 24.0 Å². The summed E-state index contributed by atoms with van der Waals surface area (Å²) in [6, 6.07) is 13.3. The lowest BCUT2D eigenvalue weighted by molar-refractivity contribution is 0.0954. The van der Waals surface area contributed by atoms with E-state index in [0.29, 0.717) is 30.4 Å². The van der Waals surface area contributed by atoms with E-state index in [9.17, 15) is 4.79 Å². The van der Waals surface area contributed by atoms with E-state index in [-0.39, 0.29) is 29.9 Å². The molecule has 2 aromatic carbocycles. The SMILES string of the molecule is CCc1cccc(CC)c1NC(N)=NCCNC(=O)c1cccc(OC)c1.I. The number of benzene rings is 2. The zero-order valence-electron chi connectivity index (χ0n) is 16.6. The molecule has 0 spiro atoms. The number of para-hydroxylation sites is 1. The van der Waals surface area contributed by atoms with E-state index >= 15 is 0 Å². The van der Waals surface area contributed by atoms with Crippen LogP contribution in [0.15, 0.2) is 47.5 Å². The van der Waals surface area contributed by atoms with Crippen molar-refractivity contribution in [2.24, 2.45) is 10.7 Å². The molecule has 1 amide bonds. The highest BCUT2D eigenvalue weighted by Crippen LogP contribution is 2.22. The van der Waals surface area contributed by atoms with E-state index in [4.69, 9.17) is 10.5 Å². The molecule has 28 heavy (non-hydrogen) atoms. The number of carbonyl (C=O) groups is 1. The van der Waals surface area contributed by atoms with Gasteiger partial charge in [0.25, 0.3) is 5.91 Å². The van der Waals surface area contributed by atoms with Gasteiger partial charge in [0.15, 0.2) is 5.96 Å². The summed E-state index contributed by atoms with van der Waals surface area (Å²) >= 11 is 0. The number of methoxy groups -OCH3 is 1. The Morgan fingerprint density at radius 3 is 2.36 bits per heavy atom. The van der Waals surface area contributed by atoms with Crippen molar-refractivity contribution in [3.05, 3.63) is 59.2 Å². The average Bonchev–Trinajstić information content (AvgIpc) is 2.71. The van der Waals surface area contributed by atoms with Crippen LogP contribution in [0.5, 0.6) is 5.75 Å². The molecule has 6 nitrogen and oxygen atoms in total. The minimum absolute atomic E-state index is 0. The Labute approximate surface area is 184 Å². The van der Waals surface area contributed by atoms with E-state index in [0.717, 1.165) is 18.5 Å². The Morgan fingerprint density at radius 2 is 1.75 bits per heavy atom. The predicted octanol–water partition coefficient (Wildman–Crippen LogP) is 3.59. The lowest BCUT2D eigenvalue weighted by Gasteiger charge is -2.14. The molecule has 7 heteroatoms. The number of guanidine groups is 1. The fraction of sp³-hybridized carbons (Fsp3) is 0.333. The van der Waals surface area contributed by atoms with Crippen LogP contribution in [0.2, 0.25) is 0 Å². The standard InChI is InChI=1S/C21H28N4O2.HI/c1-4-15-8-6-9-16(5-2)19(15)25-21(22)24-13-12-23-20(26)17-10-7-11-18(14-17)27-3;/h6-11,14H,4-5,12-13H2,1-3H3,(H,23,26)(H3,22,24,25);1H. The molecule has 0 bridgehead atoms. The molecule has 152 valence electrons. The van der Waals surface area contributed by atoms with Crippen LogP contribution < -0.4 is 21.1 Å². The summed E-state index contributed by atoms with van der Waals surface area (Å²) in [6.45, 7) is 5.02. The summed E-state index contributed by atoms with van der Waals surface area (Å²) in [5, 5.41) is 6.04. The van der Waals surface area contributed by atoms with Crippen molar-refractivity contribution in [3.63, 3.8) is 0 Å². The highest BCUT2D eigenvalue weighted by molar-refractivity contribution is 14.0. The number of nitrogens with two attached hydrogens (primary N) is 1. The zero-order chi connectivity index (χ0) is 19.6. The molecular weight excluding hydrogens is 467 g/mol. The summed E-state index contributed by atoms with van der Waals surface area (Å²) < 4.78 is 5.13. The van der Waals surface area contributed by atoms with Crippen molar-refractivity contribution in [2.75, 3.05) is 25.5 Å². The number of ether oxygens (including phenoxy) is 1. The number of amides is 1. The molecule has 2 rings (SSSR count). The molecule has 0 aliphatic carbocycles. The normalized spacial score (nSPS) is 10.8. The highest BCUT2D eigenvalue weighted by Gasteiger charge is 2.08. The number of anilines is 1. The van der Waals surface area contributed by atoms with Gasteiger partial charge < -0.3 is 21.1 Å². The van der Waals surface area contributed by atoms with E-state index in [2.05, 4.69) is 47.7 Å². The second-order valence-corrected chi connectivity index (χ2v) is 6.04. The Hall–Kier alpha value is -2.29. The second-order valence-electron chi connectivity index (χ2n) is 6.04. The fourth-order valence-corrected chi connectivity index (χ4v) is 2.78. The molecule has 0 aliphatic heterocycles. The molecule has 2 aromatic rings. The first-order chi connectivity index (χ1) is 13.1. The maximum absolute atomic E-state index is 12.2. The van der Waals surface area contributed by atoms with Crippen molar-refractivity contribution >= 4 is 41.5 Å². The monoisotopic (exact) mass is 496 g/mol. The molecule has 0 unspecified atom stereocenters. The van der Waals surface area contributed by atoms with Crippen LogP contribution in [-0.4, -0.2) is 32.1 Å². The first kappa shape index (κ1) is 23.7. The number of aliphatic imine (C=N–C) groups is 1. The number of halogens is 1. The first-order valence-corrected chi connectivity index (χ1v) is 9.19. The van der Waals surface area contributed by atoms with Crippen molar-refractivity contribution in [1.82, 2.24) is 5.32 Å². The molecule has 0 aliphatic rings. The number of nitrogens with one attached hydrogen (secondary N) is 2. The Morgan fingerprint density at radius 1 is 1.11 bits per heavy atom. The topological polar surface area (TPSA) is 88.7 Å². The third-order valence-corrected chi connectivity index (χ3v) is 4.26. The van der Waals surface area contributed by atoms with E-state index in [1.807, 2.05) is 0 Å². The van der Waals surface area contributed by atoms with E-state index in [1.54, 1.807) is 31.4 Å². The zero-order valence-corrected chi connectivity index (χ0v) is 18.9. The van der Waals surface area contributed by atoms with Gasteiger partial charge in [-0.25, -0.2) is 0 Å². The Bertz CT molecular complexity index is 786. The molecule has 0 fully saturated rings. The van der Waals surface area contributed by atoms with Crippen LogP contribution in [0.4, 0.5) is 5.69 Å². The second kappa shape index (κ2) is 12.2. The third kappa shape index (κ3) is 6.70. The van der Waals surface area contributed by atoms with Gasteiger partial charge in [-0.2, -0.15) is 0 Å². The van der Waals surface area contributed by atoms with Gasteiger partial charge in [-0.3, -0.25) is 9.79 Å². The number of nitrogens with zero attached hydrogens (tertiary/aromatic N) is 1. The van der Waals surface area contributed by atoms with Crippen molar-refractivity contribution in [3.8, 4) is 5.75 Å². The Kier molecular flexibility index (Phi) is 10.4. The van der Waals surface area contributed by atoms with Crippen LogP contribution in [-0.2, 0) is 12.8 Å². The van der Waals surface area contributed by atoms with Gasteiger partial charge in [-0.1, -0.05) is 38.1 Å². The van der Waals surface area contributed by atoms with Gasteiger partial charge in [-0.05, 0) is 42.2 Å². The first-order valence-electron chi connectivity index (χ1n) is 9.19. The van der Waals surface area contributed by atoms with Crippen molar-refractivity contribution in [1.29, 1.82) is 0 Å². The minimum Gasteiger partial charge on any atom is -0.497 e. The molecule has 0 heterocycles. The number of rotatable bonds is 8. The van der Waals surface area contributed by atoms with Crippen molar-refractivity contribution in [2.45, 2.75) is 26.7 Å². The predicted molar refractivity (Wildman–Crippen MR) is 126 cm³/mol. The van der Waals surface area contributed by atoms with Crippen LogP contribution in [0.1, 0.15) is 35.3 Å². The van der Waals surface area contributed by atoms with E-state index in [1.165, 1.54) is 11.1 Å². The molecule has 0 saturated heterocycles. The summed E-state index contributed by atoms with van der Waals surface area (Å²) in [7, 11) is 1.57. The lowest BCUT2D eigenvalue weighted by Crippen LogP contribution is -2.29. The van der Waals surface area contributed by atoms with Crippen molar-refractivity contribution < 1.29 is 9.53 Å². The molecule has 0 atom stereocenters. The summed E-state index contributed by atoms with van der Waals surface area (Å²) in [5.41, 5.74) is 10.0. The minimum atomic E-state index is -0.166. The van der Waals surface area contributed by atoms with Crippen LogP contribution in [0, 0.1) is 0 Å². The maximum Gasteiger partial charge on any atom is 0.251 e. The summed E-state index contributed by atoms with van der Waals surface area (Å²) in [5.74, 6) is 0.830. The van der Waals surface area contributed by atoms with E-state index < -0.39 is 0 Å². The van der Waals surface area contributed by atoms with Gasteiger partial charge in [0, 0.05) is 17.8 Å². The summed E-state index contributed by atoms with van der Waals surface area (Å²) in [6.07, 6.45) is 1.83. The maximum atomic E-state index is 12.2. The largest absolute Gasteiger partial charge is 0.497 e. The number of hydrogen-bond acceptors (Lipinski definition) is 3. The number of carbonyl (C=O) groups excluding carboxylic acids is 1. The number of hydrogen-bond donors (Lipinski definition) is 3. The lowest BCUT2D eigenvalue weighted by atomic mass is 10.0. The summed E-state index contributed by atoms with van der Waals surface area (Å²) in [4.78, 5) is 16.5. The van der Waals surface area contributed by atoms with Gasteiger partial charge in [0.1, 0.15) is 5.75 Å². The van der Waals surface area contributed by atoms with Crippen LogP contribution in [0.3, 0.4) is 0 Å². The fourth-order valence-electron chi connectivity index (χ4n) is 2.78. The average molecular weight is 496 g/mol.